The van der Waals surface area contributed by atoms with Crippen LogP contribution in [0.25, 0.3) is 43.9 Å². The second-order valence-electron chi connectivity index (χ2n) is 7.77. The molecule has 0 spiro atoms. The van der Waals surface area contributed by atoms with E-state index in [1.807, 2.05) is 62.5 Å². The van der Waals surface area contributed by atoms with Crippen LogP contribution in [0.15, 0.2) is 59.5 Å². The summed E-state index contributed by atoms with van der Waals surface area (Å²) in [6.07, 6.45) is 1.79. The highest BCUT2D eigenvalue weighted by Crippen LogP contribution is 2.37. The SMILES string of the molecule is Cc1cc(-c2cnn(C)c2-c2ccc3ccccc3c2C#N)cc2c(CN)n[nH]c(=O)c12. The predicted octanol–water partition coefficient (Wildman–Crippen LogP) is 3.78. The summed E-state index contributed by atoms with van der Waals surface area (Å²) in [5.41, 5.74) is 11.1. The van der Waals surface area contributed by atoms with Gasteiger partial charge >= 0.3 is 0 Å². The molecule has 0 saturated heterocycles. The number of nitriles is 1. The quantitative estimate of drug-likeness (QED) is 0.461. The fourth-order valence-electron chi connectivity index (χ4n) is 4.42. The molecule has 0 aliphatic carbocycles. The minimum Gasteiger partial charge on any atom is -0.325 e. The smallest absolute Gasteiger partial charge is 0.272 e. The molecule has 156 valence electrons. The van der Waals surface area contributed by atoms with E-state index in [0.29, 0.717) is 16.6 Å². The molecule has 0 aliphatic heterocycles. The van der Waals surface area contributed by atoms with Gasteiger partial charge in [0.05, 0.1) is 28.5 Å². The number of H-pyrrole nitrogens is 1. The van der Waals surface area contributed by atoms with Gasteiger partial charge in [-0.15, -0.1) is 0 Å². The molecule has 3 N–H and O–H groups in total. The largest absolute Gasteiger partial charge is 0.325 e. The zero-order valence-corrected chi connectivity index (χ0v) is 17.7. The molecule has 0 aliphatic rings. The minimum absolute atomic E-state index is 0.208. The number of fused-ring (bicyclic) bond motifs is 2. The Labute approximate surface area is 183 Å². The van der Waals surface area contributed by atoms with Crippen LogP contribution in [0.1, 0.15) is 16.8 Å². The number of benzene rings is 3. The van der Waals surface area contributed by atoms with Crippen molar-refractivity contribution in [2.45, 2.75) is 13.5 Å². The van der Waals surface area contributed by atoms with Gasteiger partial charge in [-0.3, -0.25) is 9.48 Å². The number of aryl methyl sites for hydroxylation is 2. The first kappa shape index (κ1) is 19.7. The second kappa shape index (κ2) is 7.45. The third-order valence-electron chi connectivity index (χ3n) is 5.90. The van der Waals surface area contributed by atoms with E-state index < -0.39 is 0 Å². The highest BCUT2D eigenvalue weighted by molar-refractivity contribution is 5.98. The summed E-state index contributed by atoms with van der Waals surface area (Å²) in [4.78, 5) is 12.4. The van der Waals surface area contributed by atoms with Gasteiger partial charge in [0.1, 0.15) is 6.07 Å². The number of hydrogen-bond donors (Lipinski definition) is 2. The van der Waals surface area contributed by atoms with Crippen molar-refractivity contribution >= 4 is 21.5 Å². The van der Waals surface area contributed by atoms with E-state index in [1.165, 1.54) is 0 Å². The van der Waals surface area contributed by atoms with Crippen LogP contribution >= 0.6 is 0 Å². The van der Waals surface area contributed by atoms with Crippen molar-refractivity contribution in [1.82, 2.24) is 20.0 Å². The summed E-state index contributed by atoms with van der Waals surface area (Å²) in [5.74, 6) is 0. The Morgan fingerprint density at radius 1 is 1.12 bits per heavy atom. The lowest BCUT2D eigenvalue weighted by atomic mass is 9.92. The maximum absolute atomic E-state index is 12.4. The average Bonchev–Trinajstić information content (AvgIpc) is 3.19. The van der Waals surface area contributed by atoms with Crippen molar-refractivity contribution in [2.75, 3.05) is 0 Å². The van der Waals surface area contributed by atoms with Gasteiger partial charge in [0.2, 0.25) is 0 Å². The van der Waals surface area contributed by atoms with E-state index in [-0.39, 0.29) is 12.1 Å². The standard InChI is InChI=1S/C25H20N6O/c1-14-9-16(10-19-22(12-27)29-30-25(32)23(14)19)21-13-28-31(2)24(21)18-8-7-15-5-3-4-6-17(15)20(18)11-26/h3-10,13H,12,27H2,1-2H3,(H,30,32). The Hall–Kier alpha value is -4.28. The van der Waals surface area contributed by atoms with Crippen LogP contribution in [0.5, 0.6) is 0 Å². The van der Waals surface area contributed by atoms with E-state index in [4.69, 9.17) is 5.73 Å². The molecule has 5 rings (SSSR count). The molecular formula is C25H20N6O. The van der Waals surface area contributed by atoms with E-state index >= 15 is 0 Å². The lowest BCUT2D eigenvalue weighted by molar-refractivity contribution is 0.776. The molecule has 32 heavy (non-hydrogen) atoms. The molecule has 0 fully saturated rings. The van der Waals surface area contributed by atoms with Crippen molar-refractivity contribution in [3.05, 3.63) is 81.9 Å². The van der Waals surface area contributed by atoms with Gasteiger partial charge in [-0.05, 0) is 29.5 Å². The third-order valence-corrected chi connectivity index (χ3v) is 5.90. The van der Waals surface area contributed by atoms with Gasteiger partial charge in [-0.2, -0.15) is 15.5 Å². The van der Waals surface area contributed by atoms with Crippen LogP contribution in [0, 0.1) is 18.3 Å². The third kappa shape index (κ3) is 2.89. The van der Waals surface area contributed by atoms with E-state index in [1.54, 1.807) is 10.9 Å². The fraction of sp³-hybridized carbons (Fsp3) is 0.120. The van der Waals surface area contributed by atoms with Crippen LogP contribution in [0.3, 0.4) is 0 Å². The van der Waals surface area contributed by atoms with E-state index in [9.17, 15) is 10.1 Å². The van der Waals surface area contributed by atoms with Crippen molar-refractivity contribution in [2.24, 2.45) is 12.8 Å². The van der Waals surface area contributed by atoms with Crippen LogP contribution in [0.2, 0.25) is 0 Å². The van der Waals surface area contributed by atoms with Gasteiger partial charge < -0.3 is 5.73 Å². The van der Waals surface area contributed by atoms with Gasteiger partial charge in [-0.1, -0.05) is 42.5 Å². The van der Waals surface area contributed by atoms with E-state index in [2.05, 4.69) is 21.4 Å². The van der Waals surface area contributed by atoms with Gasteiger partial charge in [0.15, 0.2) is 0 Å². The van der Waals surface area contributed by atoms with Crippen LogP contribution in [-0.4, -0.2) is 20.0 Å². The molecule has 5 aromatic rings. The minimum atomic E-state index is -0.242. The lowest BCUT2D eigenvalue weighted by Crippen LogP contribution is -2.14. The Kier molecular flexibility index (Phi) is 4.58. The van der Waals surface area contributed by atoms with Crippen molar-refractivity contribution in [3.63, 3.8) is 0 Å². The molecule has 0 saturated carbocycles. The first-order valence-corrected chi connectivity index (χ1v) is 10.2. The van der Waals surface area contributed by atoms with Crippen molar-refractivity contribution in [1.29, 1.82) is 5.26 Å². The summed E-state index contributed by atoms with van der Waals surface area (Å²) in [5, 5.41) is 24.4. The average molecular weight is 420 g/mol. The number of aromatic amines is 1. The number of hydrogen-bond acceptors (Lipinski definition) is 5. The highest BCUT2D eigenvalue weighted by Gasteiger charge is 2.19. The molecule has 0 bridgehead atoms. The summed E-state index contributed by atoms with van der Waals surface area (Å²) in [7, 11) is 1.86. The Morgan fingerprint density at radius 2 is 1.94 bits per heavy atom. The first-order valence-electron chi connectivity index (χ1n) is 10.2. The number of nitrogens with two attached hydrogens (primary N) is 1. The van der Waals surface area contributed by atoms with Gasteiger partial charge in [0, 0.05) is 35.5 Å². The van der Waals surface area contributed by atoms with Crippen LogP contribution in [0.4, 0.5) is 0 Å². The highest BCUT2D eigenvalue weighted by atomic mass is 16.1. The molecule has 0 amide bonds. The first-order chi connectivity index (χ1) is 15.5. The van der Waals surface area contributed by atoms with Crippen molar-refractivity contribution < 1.29 is 0 Å². The predicted molar refractivity (Wildman–Crippen MR) is 125 cm³/mol. The van der Waals surface area contributed by atoms with Crippen molar-refractivity contribution in [3.8, 4) is 28.5 Å². The lowest BCUT2D eigenvalue weighted by Gasteiger charge is -2.13. The number of rotatable bonds is 3. The summed E-state index contributed by atoms with van der Waals surface area (Å²) in [6.45, 7) is 2.10. The monoisotopic (exact) mass is 420 g/mol. The molecule has 3 aromatic carbocycles. The Morgan fingerprint density at radius 3 is 2.72 bits per heavy atom. The molecule has 7 heteroatoms. The number of nitrogens with zero attached hydrogens (tertiary/aromatic N) is 4. The summed E-state index contributed by atoms with van der Waals surface area (Å²) in [6, 6.07) is 18.1. The van der Waals surface area contributed by atoms with E-state index in [0.717, 1.165) is 44.1 Å². The zero-order valence-electron chi connectivity index (χ0n) is 17.7. The molecule has 0 atom stereocenters. The molecule has 7 nitrogen and oxygen atoms in total. The maximum atomic E-state index is 12.4. The van der Waals surface area contributed by atoms with Crippen LogP contribution in [-0.2, 0) is 13.6 Å². The summed E-state index contributed by atoms with van der Waals surface area (Å²) < 4.78 is 1.78. The summed E-state index contributed by atoms with van der Waals surface area (Å²) >= 11 is 0. The normalized spacial score (nSPS) is 11.2. The number of aromatic nitrogens is 4. The molecular weight excluding hydrogens is 400 g/mol. The van der Waals surface area contributed by atoms with Gasteiger partial charge in [0.25, 0.3) is 5.56 Å². The zero-order chi connectivity index (χ0) is 22.4. The molecule has 2 aromatic heterocycles. The molecule has 0 radical (unpaired) electrons. The second-order valence-corrected chi connectivity index (χ2v) is 7.77. The maximum Gasteiger partial charge on any atom is 0.272 e. The molecule has 2 heterocycles. The van der Waals surface area contributed by atoms with Crippen LogP contribution < -0.4 is 11.3 Å². The number of nitrogens with one attached hydrogen (secondary N) is 1. The topological polar surface area (TPSA) is 113 Å². The fourth-order valence-corrected chi connectivity index (χ4v) is 4.42. The Bertz CT molecular complexity index is 1620. The van der Waals surface area contributed by atoms with Gasteiger partial charge in [-0.25, -0.2) is 5.10 Å². The molecule has 0 unspecified atom stereocenters. The Balaban J connectivity index is 1.82.